The first-order valence-corrected chi connectivity index (χ1v) is 7.22. The molecule has 2 heterocycles. The van der Waals surface area contributed by atoms with Crippen LogP contribution in [0.4, 0.5) is 11.4 Å². The zero-order chi connectivity index (χ0) is 17.1. The summed E-state index contributed by atoms with van der Waals surface area (Å²) in [6, 6.07) is 2.63. The van der Waals surface area contributed by atoms with Gasteiger partial charge >= 0.3 is 0 Å². The van der Waals surface area contributed by atoms with E-state index in [2.05, 4.69) is 15.3 Å². The van der Waals surface area contributed by atoms with Crippen molar-refractivity contribution in [3.63, 3.8) is 0 Å². The number of hydrogen-bond donors (Lipinski definition) is 1. The van der Waals surface area contributed by atoms with E-state index in [0.717, 1.165) is 0 Å². The Labute approximate surface area is 136 Å². The maximum atomic E-state index is 12.2. The van der Waals surface area contributed by atoms with Crippen LogP contribution in [0.1, 0.15) is 22.6 Å². The molecule has 0 spiro atoms. The van der Waals surface area contributed by atoms with E-state index in [-0.39, 0.29) is 22.8 Å². The van der Waals surface area contributed by atoms with E-state index in [1.165, 1.54) is 24.5 Å². The maximum absolute atomic E-state index is 12.2. The average molecular weight is 330 g/mol. The van der Waals surface area contributed by atoms with Gasteiger partial charge in [0.05, 0.1) is 36.1 Å². The summed E-state index contributed by atoms with van der Waals surface area (Å²) < 4.78 is 10.9. The lowest BCUT2D eigenvalue weighted by molar-refractivity contribution is -0.384. The molecule has 0 radical (unpaired) electrons. The molecule has 24 heavy (non-hydrogen) atoms. The van der Waals surface area contributed by atoms with Crippen molar-refractivity contribution >= 4 is 17.3 Å². The molecule has 1 amide bonds. The minimum atomic E-state index is -0.597. The average Bonchev–Trinajstić information content (AvgIpc) is 2.79. The van der Waals surface area contributed by atoms with E-state index in [1.54, 1.807) is 6.92 Å². The fourth-order valence-electron chi connectivity index (χ4n) is 2.15. The smallest absolute Gasteiger partial charge is 0.296 e. The highest BCUT2D eigenvalue weighted by Gasteiger charge is 2.23. The first kappa shape index (κ1) is 15.7. The molecule has 124 valence electrons. The quantitative estimate of drug-likeness (QED) is 0.676. The van der Waals surface area contributed by atoms with E-state index in [0.29, 0.717) is 31.1 Å². The van der Waals surface area contributed by atoms with Crippen molar-refractivity contribution in [2.45, 2.75) is 13.3 Å². The molecule has 1 aliphatic heterocycles. The lowest BCUT2D eigenvalue weighted by Gasteiger charge is -2.11. The first-order chi connectivity index (χ1) is 11.5. The minimum Gasteiger partial charge on any atom is -0.489 e. The summed E-state index contributed by atoms with van der Waals surface area (Å²) in [5.41, 5.74) is 0.444. The molecule has 0 bridgehead atoms. The summed E-state index contributed by atoms with van der Waals surface area (Å²) in [6.07, 6.45) is 3.42. The van der Waals surface area contributed by atoms with Crippen molar-refractivity contribution < 1.29 is 19.2 Å². The van der Waals surface area contributed by atoms with Gasteiger partial charge in [0.25, 0.3) is 11.6 Å². The Hall–Kier alpha value is -3.23. The van der Waals surface area contributed by atoms with Gasteiger partial charge in [-0.2, -0.15) is 0 Å². The Balaban J connectivity index is 1.93. The van der Waals surface area contributed by atoms with Crippen molar-refractivity contribution in [3.05, 3.63) is 46.0 Å². The summed E-state index contributed by atoms with van der Waals surface area (Å²) >= 11 is 0. The third-order valence-corrected chi connectivity index (χ3v) is 3.32. The third-order valence-electron chi connectivity index (χ3n) is 3.32. The molecule has 2 aromatic rings. The van der Waals surface area contributed by atoms with E-state index < -0.39 is 10.8 Å². The number of ether oxygens (including phenoxy) is 2. The summed E-state index contributed by atoms with van der Waals surface area (Å²) in [5.74, 6) is 0.0378. The maximum Gasteiger partial charge on any atom is 0.296 e. The molecule has 1 aromatic carbocycles. The second-order valence-electron chi connectivity index (χ2n) is 5.12. The molecule has 1 N–H and O–H groups in total. The van der Waals surface area contributed by atoms with E-state index in [1.807, 2.05) is 0 Å². The Morgan fingerprint density at radius 3 is 2.54 bits per heavy atom. The van der Waals surface area contributed by atoms with Crippen LogP contribution in [0.3, 0.4) is 0 Å². The molecule has 0 saturated heterocycles. The number of amides is 1. The standard InChI is InChI=1S/C15H14N4O5/c1-9-7-17-11(8-16-9)15(20)18-10-5-13-14(6-12(10)19(21)22)24-4-2-3-23-13/h5-8H,2-4H2,1H3,(H,18,20). The Bertz CT molecular complexity index is 791. The van der Waals surface area contributed by atoms with Crippen LogP contribution in [0.25, 0.3) is 0 Å². The van der Waals surface area contributed by atoms with Crippen LogP contribution in [0.2, 0.25) is 0 Å². The molecule has 1 aromatic heterocycles. The molecule has 3 rings (SSSR count). The monoisotopic (exact) mass is 330 g/mol. The van der Waals surface area contributed by atoms with Gasteiger partial charge in [0, 0.05) is 18.7 Å². The van der Waals surface area contributed by atoms with Gasteiger partial charge in [0.15, 0.2) is 11.5 Å². The lowest BCUT2D eigenvalue weighted by Crippen LogP contribution is -2.15. The number of anilines is 1. The highest BCUT2D eigenvalue weighted by molar-refractivity contribution is 6.04. The van der Waals surface area contributed by atoms with Crippen molar-refractivity contribution in [1.29, 1.82) is 0 Å². The summed E-state index contributed by atoms with van der Waals surface area (Å²) in [4.78, 5) is 30.9. The molecular weight excluding hydrogens is 316 g/mol. The molecule has 0 unspecified atom stereocenters. The van der Waals surface area contributed by atoms with Crippen molar-refractivity contribution in [1.82, 2.24) is 9.97 Å². The van der Waals surface area contributed by atoms with Gasteiger partial charge in [-0.05, 0) is 6.92 Å². The van der Waals surface area contributed by atoms with Gasteiger partial charge in [-0.1, -0.05) is 0 Å². The molecule has 0 fully saturated rings. The number of nitrogens with one attached hydrogen (secondary N) is 1. The topological polar surface area (TPSA) is 116 Å². The summed E-state index contributed by atoms with van der Waals surface area (Å²) in [6.45, 7) is 2.58. The van der Waals surface area contributed by atoms with E-state index >= 15 is 0 Å². The molecule has 0 atom stereocenters. The number of benzene rings is 1. The van der Waals surface area contributed by atoms with Crippen LogP contribution in [-0.4, -0.2) is 34.0 Å². The molecule has 0 saturated carbocycles. The van der Waals surface area contributed by atoms with Crippen molar-refractivity contribution in [2.24, 2.45) is 0 Å². The van der Waals surface area contributed by atoms with Gasteiger partial charge in [-0.3, -0.25) is 19.9 Å². The highest BCUT2D eigenvalue weighted by atomic mass is 16.6. The van der Waals surface area contributed by atoms with Gasteiger partial charge in [0.1, 0.15) is 11.4 Å². The number of carbonyl (C=O) groups excluding carboxylic acids is 1. The lowest BCUT2D eigenvalue weighted by atomic mass is 10.2. The number of hydrogen-bond acceptors (Lipinski definition) is 7. The third kappa shape index (κ3) is 3.24. The molecule has 0 aliphatic carbocycles. The second kappa shape index (κ2) is 6.49. The Morgan fingerprint density at radius 1 is 1.21 bits per heavy atom. The first-order valence-electron chi connectivity index (χ1n) is 7.22. The number of nitro benzene ring substituents is 1. The van der Waals surface area contributed by atoms with E-state index in [9.17, 15) is 14.9 Å². The Kier molecular flexibility index (Phi) is 4.23. The van der Waals surface area contributed by atoms with Crippen molar-refractivity contribution in [3.8, 4) is 11.5 Å². The zero-order valence-corrected chi connectivity index (χ0v) is 12.8. The fraction of sp³-hybridized carbons (Fsp3) is 0.267. The number of aryl methyl sites for hydroxylation is 1. The molecular formula is C15H14N4O5. The predicted octanol–water partition coefficient (Wildman–Crippen LogP) is 2.11. The van der Waals surface area contributed by atoms with Gasteiger partial charge in [-0.25, -0.2) is 4.98 Å². The zero-order valence-electron chi connectivity index (χ0n) is 12.8. The van der Waals surface area contributed by atoms with Crippen LogP contribution in [0.15, 0.2) is 24.5 Å². The van der Waals surface area contributed by atoms with Gasteiger partial charge in [0.2, 0.25) is 0 Å². The molecule has 9 nitrogen and oxygen atoms in total. The SMILES string of the molecule is Cc1cnc(C(=O)Nc2cc3c(cc2[N+](=O)[O-])OCCCO3)cn1. The molecule has 1 aliphatic rings. The number of rotatable bonds is 3. The number of fused-ring (bicyclic) bond motifs is 1. The summed E-state index contributed by atoms with van der Waals surface area (Å²) in [5, 5.41) is 13.8. The highest BCUT2D eigenvalue weighted by Crippen LogP contribution is 2.39. The normalized spacial score (nSPS) is 13.0. The van der Waals surface area contributed by atoms with E-state index in [4.69, 9.17) is 9.47 Å². The van der Waals surface area contributed by atoms with Crippen LogP contribution in [0.5, 0.6) is 11.5 Å². The van der Waals surface area contributed by atoms with Crippen LogP contribution in [0, 0.1) is 17.0 Å². The Morgan fingerprint density at radius 2 is 1.92 bits per heavy atom. The largest absolute Gasteiger partial charge is 0.489 e. The predicted molar refractivity (Wildman–Crippen MR) is 83.4 cm³/mol. The fourth-order valence-corrected chi connectivity index (χ4v) is 2.15. The van der Waals surface area contributed by atoms with Crippen LogP contribution in [-0.2, 0) is 0 Å². The minimum absolute atomic E-state index is 0.0108. The number of nitro groups is 1. The summed E-state index contributed by atoms with van der Waals surface area (Å²) in [7, 11) is 0. The van der Waals surface area contributed by atoms with Crippen LogP contribution < -0.4 is 14.8 Å². The van der Waals surface area contributed by atoms with Crippen molar-refractivity contribution in [2.75, 3.05) is 18.5 Å². The van der Waals surface area contributed by atoms with Gasteiger partial charge in [-0.15, -0.1) is 0 Å². The van der Waals surface area contributed by atoms with Gasteiger partial charge < -0.3 is 14.8 Å². The van der Waals surface area contributed by atoms with Crippen LogP contribution >= 0.6 is 0 Å². The number of aromatic nitrogens is 2. The second-order valence-corrected chi connectivity index (χ2v) is 5.12. The molecule has 9 heteroatoms. The number of nitrogens with zero attached hydrogens (tertiary/aromatic N) is 3. The number of carbonyl (C=O) groups is 1.